The second-order valence-corrected chi connectivity index (χ2v) is 8.69. The first-order chi connectivity index (χ1) is 13.1. The zero-order chi connectivity index (χ0) is 20.9. The summed E-state index contributed by atoms with van der Waals surface area (Å²) in [6.45, 7) is 3.57. The van der Waals surface area contributed by atoms with Crippen LogP contribution in [-0.4, -0.2) is 39.8 Å². The van der Waals surface area contributed by atoms with Gasteiger partial charge in [-0.1, -0.05) is 39.5 Å². The fourth-order valence-electron chi connectivity index (χ4n) is 4.57. The number of ether oxygens (including phenoxy) is 1. The Labute approximate surface area is 165 Å². The number of fused-ring (bicyclic) bond motifs is 1. The summed E-state index contributed by atoms with van der Waals surface area (Å²) in [5.41, 5.74) is 0. The molecule has 1 aliphatic heterocycles. The van der Waals surface area contributed by atoms with Gasteiger partial charge in [-0.3, -0.25) is 9.59 Å². The van der Waals surface area contributed by atoms with Crippen molar-refractivity contribution in [3.63, 3.8) is 0 Å². The van der Waals surface area contributed by atoms with E-state index >= 15 is 0 Å². The lowest BCUT2D eigenvalue weighted by Crippen LogP contribution is -2.56. The number of carboxylic acid groups (broad SMARTS) is 1. The molecule has 0 spiro atoms. The Kier molecular flexibility index (Phi) is 7.97. The minimum absolute atomic E-state index is 0.0371. The number of rotatable bonds is 11. The molecule has 0 bridgehead atoms. The molecule has 0 aromatic heterocycles. The quantitative estimate of drug-likeness (QED) is 0.493. The maximum atomic E-state index is 14.7. The number of carboxylic acids is 1. The molecule has 1 saturated heterocycles. The first-order valence-electron chi connectivity index (χ1n) is 10.6. The molecule has 162 valence electrons. The van der Waals surface area contributed by atoms with Crippen molar-refractivity contribution in [2.45, 2.75) is 102 Å². The molecule has 1 heterocycles. The molecular weight excluding hydrogens is 370 g/mol. The fraction of sp³-hybridized carbons (Fsp3) is 0.905. The van der Waals surface area contributed by atoms with Crippen LogP contribution in [0.3, 0.4) is 0 Å². The maximum absolute atomic E-state index is 14.7. The topological polar surface area (TPSA) is 83.8 Å². The Morgan fingerprint density at radius 1 is 1.32 bits per heavy atom. The van der Waals surface area contributed by atoms with E-state index in [1.54, 1.807) is 6.92 Å². The molecule has 2 N–H and O–H groups in total. The highest BCUT2D eigenvalue weighted by Gasteiger charge is 2.60. The second kappa shape index (κ2) is 9.61. The Bertz CT molecular complexity index is 553. The number of hydrogen-bond donors (Lipinski definition) is 2. The molecule has 0 radical (unpaired) electrons. The third-order valence-corrected chi connectivity index (χ3v) is 6.50. The highest BCUT2D eigenvalue weighted by Crippen LogP contribution is 2.50. The van der Waals surface area contributed by atoms with Gasteiger partial charge in [0.2, 0.25) is 5.79 Å². The predicted molar refractivity (Wildman–Crippen MR) is 100 cm³/mol. The van der Waals surface area contributed by atoms with E-state index in [0.29, 0.717) is 25.7 Å². The Morgan fingerprint density at radius 2 is 2.00 bits per heavy atom. The molecule has 5 nitrogen and oxygen atoms in total. The van der Waals surface area contributed by atoms with Gasteiger partial charge in [0.15, 0.2) is 0 Å². The molecule has 0 aromatic rings. The van der Waals surface area contributed by atoms with Crippen molar-refractivity contribution >= 4 is 11.8 Å². The molecule has 7 heteroatoms. The van der Waals surface area contributed by atoms with Crippen molar-refractivity contribution in [1.82, 2.24) is 0 Å². The zero-order valence-corrected chi connectivity index (χ0v) is 17.0. The average molecular weight is 404 g/mol. The van der Waals surface area contributed by atoms with Gasteiger partial charge in [0.25, 0.3) is 0 Å². The molecule has 28 heavy (non-hydrogen) atoms. The Morgan fingerprint density at radius 3 is 2.64 bits per heavy atom. The van der Waals surface area contributed by atoms with Crippen LogP contribution in [0.1, 0.15) is 84.5 Å². The number of aliphatic carboxylic acids is 1. The fourth-order valence-corrected chi connectivity index (χ4v) is 4.57. The molecule has 2 aliphatic rings. The monoisotopic (exact) mass is 404 g/mol. The van der Waals surface area contributed by atoms with E-state index in [0.717, 1.165) is 19.3 Å². The van der Waals surface area contributed by atoms with Crippen LogP contribution in [0, 0.1) is 17.8 Å². The average Bonchev–Trinajstić information content (AvgIpc) is 2.91. The van der Waals surface area contributed by atoms with Gasteiger partial charge >= 0.3 is 11.9 Å². The highest BCUT2D eigenvalue weighted by molar-refractivity contribution is 5.84. The van der Waals surface area contributed by atoms with Gasteiger partial charge in [0, 0.05) is 31.6 Å². The van der Waals surface area contributed by atoms with E-state index in [1.807, 2.05) is 6.92 Å². The van der Waals surface area contributed by atoms with E-state index in [9.17, 15) is 23.5 Å². The van der Waals surface area contributed by atoms with Gasteiger partial charge in [-0.25, -0.2) is 8.78 Å². The van der Waals surface area contributed by atoms with Crippen LogP contribution in [0.25, 0.3) is 0 Å². The smallest absolute Gasteiger partial charge is 0.303 e. The van der Waals surface area contributed by atoms with Gasteiger partial charge in [-0.05, 0) is 31.1 Å². The van der Waals surface area contributed by atoms with Gasteiger partial charge in [0.05, 0.1) is 6.10 Å². The second-order valence-electron chi connectivity index (χ2n) is 8.69. The van der Waals surface area contributed by atoms with Crippen molar-refractivity contribution in [3.8, 4) is 0 Å². The van der Waals surface area contributed by atoms with Crippen molar-refractivity contribution in [2.24, 2.45) is 17.8 Å². The van der Waals surface area contributed by atoms with Gasteiger partial charge in [-0.15, -0.1) is 0 Å². The van der Waals surface area contributed by atoms with Crippen LogP contribution in [-0.2, 0) is 14.3 Å². The van der Waals surface area contributed by atoms with Crippen LogP contribution in [0.4, 0.5) is 8.78 Å². The predicted octanol–water partition coefficient (Wildman–Crippen LogP) is 4.56. The van der Waals surface area contributed by atoms with E-state index in [4.69, 9.17) is 9.84 Å². The van der Waals surface area contributed by atoms with Gasteiger partial charge < -0.3 is 14.9 Å². The van der Waals surface area contributed by atoms with E-state index in [1.165, 1.54) is 0 Å². The largest absolute Gasteiger partial charge is 0.481 e. The van der Waals surface area contributed by atoms with Gasteiger partial charge in [0.1, 0.15) is 5.78 Å². The molecule has 1 saturated carbocycles. The SMILES string of the molecule is CC[C@H](C)CC(F)(F)C1(O)CCC2C(CC(=O)[C@@H]2CCCCCCC(=O)O)O1. The van der Waals surface area contributed by atoms with Crippen LogP contribution in [0.15, 0.2) is 0 Å². The lowest BCUT2D eigenvalue weighted by atomic mass is 9.81. The van der Waals surface area contributed by atoms with Crippen molar-refractivity contribution in [1.29, 1.82) is 0 Å². The van der Waals surface area contributed by atoms with E-state index < -0.39 is 30.2 Å². The number of unbranched alkanes of at least 4 members (excludes halogenated alkanes) is 3. The van der Waals surface area contributed by atoms with Crippen molar-refractivity contribution < 1.29 is 33.3 Å². The molecule has 2 fully saturated rings. The first-order valence-corrected chi connectivity index (χ1v) is 10.6. The van der Waals surface area contributed by atoms with Crippen LogP contribution >= 0.6 is 0 Å². The number of Topliss-reactive ketones (excluding diaryl/α,β-unsaturated/α-hetero) is 1. The summed E-state index contributed by atoms with van der Waals surface area (Å²) in [4.78, 5) is 22.9. The van der Waals surface area contributed by atoms with Crippen LogP contribution < -0.4 is 0 Å². The van der Waals surface area contributed by atoms with E-state index in [2.05, 4.69) is 0 Å². The lowest BCUT2D eigenvalue weighted by Gasteiger charge is -2.44. The normalized spacial score (nSPS) is 31.6. The van der Waals surface area contributed by atoms with Crippen LogP contribution in [0.2, 0.25) is 0 Å². The number of carbonyl (C=O) groups is 2. The van der Waals surface area contributed by atoms with E-state index in [-0.39, 0.29) is 42.8 Å². The number of hydrogen-bond acceptors (Lipinski definition) is 4. The highest BCUT2D eigenvalue weighted by atomic mass is 19.3. The van der Waals surface area contributed by atoms with Gasteiger partial charge in [-0.2, -0.15) is 0 Å². The summed E-state index contributed by atoms with van der Waals surface area (Å²) < 4.78 is 34.8. The maximum Gasteiger partial charge on any atom is 0.303 e. The number of halogens is 2. The summed E-state index contributed by atoms with van der Waals surface area (Å²) in [5, 5.41) is 19.2. The zero-order valence-electron chi connectivity index (χ0n) is 17.0. The minimum Gasteiger partial charge on any atom is -0.481 e. The summed E-state index contributed by atoms with van der Waals surface area (Å²) in [5.74, 6) is -7.11. The minimum atomic E-state index is -3.33. The lowest BCUT2D eigenvalue weighted by molar-refractivity contribution is -0.358. The third kappa shape index (κ3) is 5.50. The number of ketones is 1. The summed E-state index contributed by atoms with van der Waals surface area (Å²) in [7, 11) is 0. The number of aliphatic hydroxyl groups is 1. The standard InChI is InChI=1S/C21H34F2O5/c1-3-14(2)13-20(22,23)21(27)11-10-16-15(17(24)12-18(16)28-21)8-6-4-5-7-9-19(25)26/h14-16,18,27H,3-13H2,1-2H3,(H,25,26)/t14-,15+,16?,18?,21?/m0/s1. The molecule has 0 amide bonds. The molecule has 3 unspecified atom stereocenters. The first kappa shape index (κ1) is 23.2. The van der Waals surface area contributed by atoms with Crippen LogP contribution in [0.5, 0.6) is 0 Å². The Balaban J connectivity index is 1.87. The Hall–Kier alpha value is -1.08. The molecule has 5 atom stereocenters. The molecule has 1 aliphatic carbocycles. The number of alkyl halides is 2. The molecule has 2 rings (SSSR count). The third-order valence-electron chi connectivity index (χ3n) is 6.50. The number of carbonyl (C=O) groups excluding carboxylic acids is 1. The van der Waals surface area contributed by atoms with Crippen molar-refractivity contribution in [2.75, 3.05) is 0 Å². The summed E-state index contributed by atoms with van der Waals surface area (Å²) >= 11 is 0. The molecule has 0 aromatic carbocycles. The van der Waals surface area contributed by atoms with Crippen molar-refractivity contribution in [3.05, 3.63) is 0 Å². The summed E-state index contributed by atoms with van der Waals surface area (Å²) in [6, 6.07) is 0. The summed E-state index contributed by atoms with van der Waals surface area (Å²) in [6.07, 6.45) is 3.79. The molecular formula is C21H34F2O5.